The molecule has 2 aromatic rings. The molecule has 0 aromatic heterocycles. The van der Waals surface area contributed by atoms with Crippen LogP contribution in [-0.4, -0.2) is 41.9 Å². The summed E-state index contributed by atoms with van der Waals surface area (Å²) in [6, 6.07) is 16.5. The first kappa shape index (κ1) is 18.1. The number of nitrogens with two attached hydrogens (primary N) is 1. The molecule has 1 aliphatic rings. The standard InChI is InChI=1S/C20H21NO5/c21-16-11-15(12-22)17(25-19(23)13-7-3-1-4-8-13)18(16)26-20(24)14-9-5-2-6-10-14/h1-10,15-18,22H,11-12,21H2/t15-,16-,17?,18-/m1/s1. The maximum atomic E-state index is 12.4. The Morgan fingerprint density at radius 1 is 0.885 bits per heavy atom. The summed E-state index contributed by atoms with van der Waals surface area (Å²) in [5.41, 5.74) is 6.87. The number of ether oxygens (including phenoxy) is 2. The average molecular weight is 355 g/mol. The number of esters is 2. The number of hydrogen-bond donors (Lipinski definition) is 2. The molecule has 2 aromatic carbocycles. The lowest BCUT2D eigenvalue weighted by molar-refractivity contribution is -0.0433. The summed E-state index contributed by atoms with van der Waals surface area (Å²) < 4.78 is 11.1. The predicted octanol–water partition coefficient (Wildman–Crippen LogP) is 1.78. The molecule has 0 aliphatic heterocycles. The van der Waals surface area contributed by atoms with Crippen molar-refractivity contribution in [1.82, 2.24) is 0 Å². The van der Waals surface area contributed by atoms with Gasteiger partial charge in [0.1, 0.15) is 6.10 Å². The molecule has 1 saturated carbocycles. The van der Waals surface area contributed by atoms with Crippen molar-refractivity contribution in [3.63, 3.8) is 0 Å². The van der Waals surface area contributed by atoms with E-state index in [-0.39, 0.29) is 12.5 Å². The molecule has 1 fully saturated rings. The van der Waals surface area contributed by atoms with Gasteiger partial charge in [-0.3, -0.25) is 0 Å². The third-order valence-corrected chi connectivity index (χ3v) is 4.53. The fourth-order valence-electron chi connectivity index (χ4n) is 3.16. The Balaban J connectivity index is 1.76. The van der Waals surface area contributed by atoms with Crippen LogP contribution in [0.4, 0.5) is 0 Å². The van der Waals surface area contributed by atoms with Crippen LogP contribution in [0.5, 0.6) is 0 Å². The highest BCUT2D eigenvalue weighted by Crippen LogP contribution is 2.31. The van der Waals surface area contributed by atoms with Crippen LogP contribution in [0.15, 0.2) is 60.7 Å². The normalized spacial score (nSPS) is 24.8. The second-order valence-electron chi connectivity index (χ2n) is 6.31. The summed E-state index contributed by atoms with van der Waals surface area (Å²) in [6.07, 6.45) is -1.21. The smallest absolute Gasteiger partial charge is 0.338 e. The van der Waals surface area contributed by atoms with Gasteiger partial charge in [0.15, 0.2) is 6.10 Å². The van der Waals surface area contributed by atoms with Gasteiger partial charge in [0.25, 0.3) is 0 Å². The Bertz CT molecular complexity index is 749. The van der Waals surface area contributed by atoms with E-state index in [1.807, 2.05) is 0 Å². The summed E-state index contributed by atoms with van der Waals surface area (Å²) in [6.45, 7) is -0.209. The SMILES string of the molecule is N[C@@H]1C[C@H](CO)C(OC(=O)c2ccccc2)[C@@H]1OC(=O)c1ccccc1. The van der Waals surface area contributed by atoms with Crippen LogP contribution in [-0.2, 0) is 9.47 Å². The zero-order valence-electron chi connectivity index (χ0n) is 14.2. The molecule has 3 N–H and O–H groups in total. The van der Waals surface area contributed by atoms with E-state index in [0.717, 1.165) is 0 Å². The number of aliphatic hydroxyl groups is 1. The summed E-state index contributed by atoms with van der Waals surface area (Å²) >= 11 is 0. The van der Waals surface area contributed by atoms with Crippen LogP contribution in [0.2, 0.25) is 0 Å². The molecule has 0 spiro atoms. The molecule has 1 unspecified atom stereocenters. The molecule has 0 saturated heterocycles. The average Bonchev–Trinajstić information content (AvgIpc) is 2.98. The van der Waals surface area contributed by atoms with Gasteiger partial charge in [-0.2, -0.15) is 0 Å². The van der Waals surface area contributed by atoms with Gasteiger partial charge < -0.3 is 20.3 Å². The molecular formula is C20H21NO5. The number of carbonyl (C=O) groups is 2. The number of carbonyl (C=O) groups excluding carboxylic acids is 2. The molecule has 0 amide bonds. The van der Waals surface area contributed by atoms with Crippen LogP contribution < -0.4 is 5.73 Å². The highest BCUT2D eigenvalue weighted by molar-refractivity contribution is 5.90. The number of rotatable bonds is 5. The summed E-state index contributed by atoms with van der Waals surface area (Å²) in [4.78, 5) is 24.7. The number of hydrogen-bond acceptors (Lipinski definition) is 6. The first-order chi connectivity index (χ1) is 12.6. The molecule has 26 heavy (non-hydrogen) atoms. The van der Waals surface area contributed by atoms with Gasteiger partial charge in [-0.25, -0.2) is 9.59 Å². The van der Waals surface area contributed by atoms with E-state index in [0.29, 0.717) is 17.5 Å². The van der Waals surface area contributed by atoms with Gasteiger partial charge >= 0.3 is 11.9 Å². The zero-order chi connectivity index (χ0) is 18.5. The van der Waals surface area contributed by atoms with Crippen LogP contribution in [0.3, 0.4) is 0 Å². The Morgan fingerprint density at radius 2 is 1.35 bits per heavy atom. The summed E-state index contributed by atoms with van der Waals surface area (Å²) in [7, 11) is 0. The van der Waals surface area contributed by atoms with Crippen molar-refractivity contribution in [3.8, 4) is 0 Å². The van der Waals surface area contributed by atoms with Crippen molar-refractivity contribution in [3.05, 3.63) is 71.8 Å². The molecular weight excluding hydrogens is 334 g/mol. The van der Waals surface area contributed by atoms with E-state index >= 15 is 0 Å². The predicted molar refractivity (Wildman–Crippen MR) is 94.5 cm³/mol. The Hall–Kier alpha value is -2.70. The summed E-state index contributed by atoms with van der Waals surface area (Å²) in [5, 5.41) is 9.62. The molecule has 4 atom stereocenters. The molecule has 6 nitrogen and oxygen atoms in total. The van der Waals surface area contributed by atoms with Crippen LogP contribution >= 0.6 is 0 Å². The van der Waals surface area contributed by atoms with Gasteiger partial charge in [-0.1, -0.05) is 36.4 Å². The van der Waals surface area contributed by atoms with Crippen molar-refractivity contribution in [2.24, 2.45) is 11.7 Å². The van der Waals surface area contributed by atoms with Crippen molar-refractivity contribution in [2.45, 2.75) is 24.7 Å². The second kappa shape index (κ2) is 8.12. The first-order valence-corrected chi connectivity index (χ1v) is 8.48. The van der Waals surface area contributed by atoms with Crippen molar-refractivity contribution in [2.75, 3.05) is 6.61 Å². The quantitative estimate of drug-likeness (QED) is 0.793. The number of aliphatic hydroxyl groups excluding tert-OH is 1. The maximum absolute atomic E-state index is 12.4. The van der Waals surface area contributed by atoms with Crippen molar-refractivity contribution < 1.29 is 24.2 Å². The molecule has 136 valence electrons. The van der Waals surface area contributed by atoms with E-state index in [9.17, 15) is 14.7 Å². The Morgan fingerprint density at radius 3 is 1.81 bits per heavy atom. The van der Waals surface area contributed by atoms with Gasteiger partial charge in [0, 0.05) is 18.6 Å². The van der Waals surface area contributed by atoms with Gasteiger partial charge in [-0.05, 0) is 30.7 Å². The van der Waals surface area contributed by atoms with Gasteiger partial charge in [0.05, 0.1) is 11.1 Å². The van der Waals surface area contributed by atoms with Crippen molar-refractivity contribution >= 4 is 11.9 Å². The minimum absolute atomic E-state index is 0.209. The minimum atomic E-state index is -0.812. The largest absolute Gasteiger partial charge is 0.454 e. The van der Waals surface area contributed by atoms with Crippen LogP contribution in [0.1, 0.15) is 27.1 Å². The fraction of sp³-hybridized carbons (Fsp3) is 0.300. The molecule has 0 heterocycles. The topological polar surface area (TPSA) is 98.9 Å². The van der Waals surface area contributed by atoms with E-state index in [2.05, 4.69) is 0 Å². The third-order valence-electron chi connectivity index (χ3n) is 4.53. The lowest BCUT2D eigenvalue weighted by Crippen LogP contribution is -2.42. The van der Waals surface area contributed by atoms with E-state index in [1.54, 1.807) is 60.7 Å². The van der Waals surface area contributed by atoms with Gasteiger partial charge in [-0.15, -0.1) is 0 Å². The van der Waals surface area contributed by atoms with E-state index in [1.165, 1.54) is 0 Å². The minimum Gasteiger partial charge on any atom is -0.454 e. The third kappa shape index (κ3) is 3.92. The highest BCUT2D eigenvalue weighted by Gasteiger charge is 2.46. The highest BCUT2D eigenvalue weighted by atomic mass is 16.6. The van der Waals surface area contributed by atoms with Crippen molar-refractivity contribution in [1.29, 1.82) is 0 Å². The second-order valence-corrected chi connectivity index (χ2v) is 6.31. The summed E-state index contributed by atoms with van der Waals surface area (Å²) in [5.74, 6) is -1.46. The van der Waals surface area contributed by atoms with Crippen LogP contribution in [0, 0.1) is 5.92 Å². The molecule has 6 heteroatoms. The monoisotopic (exact) mass is 355 g/mol. The molecule has 3 rings (SSSR count). The van der Waals surface area contributed by atoms with E-state index in [4.69, 9.17) is 15.2 Å². The molecule has 1 aliphatic carbocycles. The first-order valence-electron chi connectivity index (χ1n) is 8.48. The van der Waals surface area contributed by atoms with Crippen LogP contribution in [0.25, 0.3) is 0 Å². The lowest BCUT2D eigenvalue weighted by Gasteiger charge is -2.25. The van der Waals surface area contributed by atoms with Gasteiger partial charge in [0.2, 0.25) is 0 Å². The Kier molecular flexibility index (Phi) is 5.65. The molecule has 0 radical (unpaired) electrons. The lowest BCUT2D eigenvalue weighted by atomic mass is 10.1. The molecule has 0 bridgehead atoms. The number of benzene rings is 2. The van der Waals surface area contributed by atoms with E-state index < -0.39 is 30.2 Å². The Labute approximate surface area is 151 Å². The fourth-order valence-corrected chi connectivity index (χ4v) is 3.16. The maximum Gasteiger partial charge on any atom is 0.338 e. The zero-order valence-corrected chi connectivity index (χ0v) is 14.2.